The van der Waals surface area contributed by atoms with Crippen LogP contribution in [0.1, 0.15) is 48.5 Å². The predicted octanol–water partition coefficient (Wildman–Crippen LogP) is 2.36. The Labute approximate surface area is 114 Å². The normalized spacial score (nSPS) is 13.9. The first-order chi connectivity index (χ1) is 7.91. The van der Waals surface area contributed by atoms with Crippen LogP contribution in [0.15, 0.2) is 0 Å². The van der Waals surface area contributed by atoms with Crippen molar-refractivity contribution >= 4 is 23.6 Å². The molecule has 0 aromatic rings. The van der Waals surface area contributed by atoms with Crippen LogP contribution in [0.25, 0.3) is 0 Å². The van der Waals surface area contributed by atoms with Crippen LogP contribution >= 0.6 is 11.8 Å². The minimum Gasteiger partial charge on any atom is -0.458 e. The molecular formula is C13H25NO3S. The summed E-state index contributed by atoms with van der Waals surface area (Å²) in [4.78, 5) is 23.3. The minimum absolute atomic E-state index is 0.0342. The summed E-state index contributed by atoms with van der Waals surface area (Å²) in [6.45, 7) is 13.2. The van der Waals surface area contributed by atoms with Crippen LogP contribution in [0, 0.1) is 0 Å². The molecule has 5 heteroatoms. The molecule has 0 radical (unpaired) electrons. The third-order valence-electron chi connectivity index (χ3n) is 1.77. The minimum atomic E-state index is -0.614. The summed E-state index contributed by atoms with van der Waals surface area (Å²) >= 11 is 1.54. The molecule has 0 bridgehead atoms. The smallest absolute Gasteiger partial charge is 0.328 e. The fraction of sp³-hybridized carbons (Fsp3) is 0.846. The molecule has 0 aromatic carbocycles. The molecule has 0 heterocycles. The summed E-state index contributed by atoms with van der Waals surface area (Å²) in [5, 5.41) is 2.64. The van der Waals surface area contributed by atoms with E-state index in [0.717, 1.165) is 0 Å². The highest BCUT2D eigenvalue weighted by Gasteiger charge is 2.23. The second-order valence-electron chi connectivity index (χ2n) is 6.22. The maximum Gasteiger partial charge on any atom is 0.328 e. The van der Waals surface area contributed by atoms with Crippen molar-refractivity contribution in [3.63, 3.8) is 0 Å². The molecule has 0 aromatic heterocycles. The highest BCUT2D eigenvalue weighted by Crippen LogP contribution is 2.22. The second kappa shape index (κ2) is 6.45. The van der Waals surface area contributed by atoms with E-state index in [1.165, 1.54) is 0 Å². The van der Waals surface area contributed by atoms with Gasteiger partial charge in [-0.05, 0) is 27.7 Å². The third-order valence-corrected chi connectivity index (χ3v) is 3.05. The van der Waals surface area contributed by atoms with Crippen LogP contribution in [0.2, 0.25) is 0 Å². The Hall–Kier alpha value is -0.710. The number of rotatable bonds is 4. The molecule has 0 aliphatic rings. The first kappa shape index (κ1) is 17.3. The average molecular weight is 275 g/mol. The van der Waals surface area contributed by atoms with Crippen molar-refractivity contribution in [1.29, 1.82) is 0 Å². The third kappa shape index (κ3) is 9.33. The quantitative estimate of drug-likeness (QED) is 0.800. The van der Waals surface area contributed by atoms with E-state index < -0.39 is 17.6 Å². The van der Waals surface area contributed by atoms with Crippen molar-refractivity contribution in [3.05, 3.63) is 0 Å². The van der Waals surface area contributed by atoms with Crippen LogP contribution in [0.3, 0.4) is 0 Å². The maximum atomic E-state index is 11.7. The lowest BCUT2D eigenvalue weighted by Crippen LogP contribution is -2.43. The molecule has 106 valence electrons. The van der Waals surface area contributed by atoms with Crippen molar-refractivity contribution in [2.45, 2.75) is 64.9 Å². The lowest BCUT2D eigenvalue weighted by molar-refractivity contribution is -0.157. The van der Waals surface area contributed by atoms with Gasteiger partial charge in [0.05, 0.1) is 5.75 Å². The molecule has 1 atom stereocenters. The van der Waals surface area contributed by atoms with Crippen LogP contribution in [0.5, 0.6) is 0 Å². The molecule has 0 rings (SSSR count). The molecule has 0 saturated carbocycles. The summed E-state index contributed by atoms with van der Waals surface area (Å²) in [5.74, 6) is -0.207. The largest absolute Gasteiger partial charge is 0.458 e. The Balaban J connectivity index is 4.12. The molecule has 1 N–H and O–H groups in total. The lowest BCUT2D eigenvalue weighted by atomic mass is 10.2. The fourth-order valence-corrected chi connectivity index (χ4v) is 1.66. The molecule has 0 saturated heterocycles. The van der Waals surface area contributed by atoms with E-state index in [2.05, 4.69) is 5.32 Å². The molecule has 0 aliphatic heterocycles. The predicted molar refractivity (Wildman–Crippen MR) is 75.7 cm³/mol. The highest BCUT2D eigenvalue weighted by atomic mass is 32.2. The van der Waals surface area contributed by atoms with Gasteiger partial charge in [0, 0.05) is 4.75 Å². The molecule has 0 unspecified atom stereocenters. The van der Waals surface area contributed by atoms with Crippen molar-refractivity contribution < 1.29 is 14.3 Å². The van der Waals surface area contributed by atoms with E-state index in [-0.39, 0.29) is 10.7 Å². The number of ether oxygens (including phenoxy) is 1. The topological polar surface area (TPSA) is 55.4 Å². The fourth-order valence-electron chi connectivity index (χ4n) is 1.01. The molecule has 0 spiro atoms. The van der Waals surface area contributed by atoms with Crippen LogP contribution < -0.4 is 5.32 Å². The zero-order valence-corrected chi connectivity index (χ0v) is 13.2. The summed E-state index contributed by atoms with van der Waals surface area (Å²) in [6.07, 6.45) is 0. The summed E-state index contributed by atoms with van der Waals surface area (Å²) < 4.78 is 5.22. The number of carbonyl (C=O) groups excluding carboxylic acids is 2. The van der Waals surface area contributed by atoms with Crippen molar-refractivity contribution in [2.24, 2.45) is 0 Å². The van der Waals surface area contributed by atoms with Gasteiger partial charge in [0.2, 0.25) is 5.91 Å². The summed E-state index contributed by atoms with van der Waals surface area (Å²) in [5.41, 5.74) is -0.532. The van der Waals surface area contributed by atoms with Gasteiger partial charge in [-0.25, -0.2) is 4.79 Å². The van der Waals surface area contributed by atoms with E-state index in [4.69, 9.17) is 4.74 Å². The van der Waals surface area contributed by atoms with Gasteiger partial charge in [-0.1, -0.05) is 20.8 Å². The van der Waals surface area contributed by atoms with E-state index in [1.807, 2.05) is 20.8 Å². The van der Waals surface area contributed by atoms with E-state index >= 15 is 0 Å². The molecular weight excluding hydrogens is 250 g/mol. The maximum absolute atomic E-state index is 11.7. The zero-order chi connectivity index (χ0) is 14.6. The Kier molecular flexibility index (Phi) is 6.20. The standard InChI is InChI=1S/C13H25NO3S/c1-9(11(16)17-12(2,3)4)14-10(15)8-18-13(5,6)7/h9H,8H2,1-7H3,(H,14,15)/t9-/m0/s1. The number of hydrogen-bond acceptors (Lipinski definition) is 4. The van der Waals surface area contributed by atoms with Crippen molar-refractivity contribution in [1.82, 2.24) is 5.32 Å². The Bertz CT molecular complexity index is 302. The van der Waals surface area contributed by atoms with Gasteiger partial charge in [-0.2, -0.15) is 0 Å². The number of thioether (sulfide) groups is 1. The molecule has 4 nitrogen and oxygen atoms in total. The SMILES string of the molecule is C[C@H](NC(=O)CSC(C)(C)C)C(=O)OC(C)(C)C. The van der Waals surface area contributed by atoms with Crippen LogP contribution in [-0.2, 0) is 14.3 Å². The Morgan fingerprint density at radius 2 is 1.67 bits per heavy atom. The molecule has 1 amide bonds. The summed E-state index contributed by atoms with van der Waals surface area (Å²) in [6, 6.07) is -0.614. The van der Waals surface area contributed by atoms with Crippen molar-refractivity contribution in [2.75, 3.05) is 5.75 Å². The number of hydrogen-bond donors (Lipinski definition) is 1. The number of amides is 1. The Morgan fingerprint density at radius 1 is 1.17 bits per heavy atom. The van der Waals surface area contributed by atoms with Gasteiger partial charge in [0.1, 0.15) is 11.6 Å². The molecule has 18 heavy (non-hydrogen) atoms. The van der Waals surface area contributed by atoms with Gasteiger partial charge in [-0.3, -0.25) is 4.79 Å². The van der Waals surface area contributed by atoms with E-state index in [0.29, 0.717) is 5.75 Å². The number of carbonyl (C=O) groups is 2. The highest BCUT2D eigenvalue weighted by molar-refractivity contribution is 8.01. The van der Waals surface area contributed by atoms with Gasteiger partial charge >= 0.3 is 5.97 Å². The van der Waals surface area contributed by atoms with Gasteiger partial charge < -0.3 is 10.1 Å². The van der Waals surface area contributed by atoms with Gasteiger partial charge in [-0.15, -0.1) is 11.8 Å². The van der Waals surface area contributed by atoms with Crippen LogP contribution in [0.4, 0.5) is 0 Å². The van der Waals surface area contributed by atoms with E-state index in [1.54, 1.807) is 39.5 Å². The molecule has 0 aliphatic carbocycles. The van der Waals surface area contributed by atoms with Gasteiger partial charge in [0.25, 0.3) is 0 Å². The first-order valence-corrected chi connectivity index (χ1v) is 7.05. The van der Waals surface area contributed by atoms with Crippen molar-refractivity contribution in [3.8, 4) is 0 Å². The van der Waals surface area contributed by atoms with Gasteiger partial charge in [0.15, 0.2) is 0 Å². The second-order valence-corrected chi connectivity index (χ2v) is 8.03. The lowest BCUT2D eigenvalue weighted by Gasteiger charge is -2.23. The van der Waals surface area contributed by atoms with E-state index in [9.17, 15) is 9.59 Å². The number of esters is 1. The molecule has 0 fully saturated rings. The first-order valence-electron chi connectivity index (χ1n) is 6.07. The summed E-state index contributed by atoms with van der Waals surface area (Å²) in [7, 11) is 0. The number of nitrogens with one attached hydrogen (secondary N) is 1. The zero-order valence-electron chi connectivity index (χ0n) is 12.4. The average Bonchev–Trinajstić information content (AvgIpc) is 2.10. The van der Waals surface area contributed by atoms with Crippen LogP contribution in [-0.4, -0.2) is 34.0 Å². The monoisotopic (exact) mass is 275 g/mol. The Morgan fingerprint density at radius 3 is 2.06 bits per heavy atom.